The van der Waals surface area contributed by atoms with Crippen molar-refractivity contribution in [2.45, 2.75) is 38.5 Å². The Morgan fingerprint density at radius 3 is 2.86 bits per heavy atom. The van der Waals surface area contributed by atoms with Crippen molar-refractivity contribution < 1.29 is 4.74 Å². The van der Waals surface area contributed by atoms with Crippen LogP contribution in [0.1, 0.15) is 43.2 Å². The van der Waals surface area contributed by atoms with Crippen LogP contribution in [0.25, 0.3) is 10.8 Å². The van der Waals surface area contributed by atoms with E-state index in [2.05, 4.69) is 47.6 Å². The van der Waals surface area contributed by atoms with Gasteiger partial charge in [0.2, 0.25) is 0 Å². The summed E-state index contributed by atoms with van der Waals surface area (Å²) in [5, 5.41) is 2.64. The molecule has 2 aliphatic rings. The second-order valence-corrected chi connectivity index (χ2v) is 8.03. The first kappa shape index (κ1) is 14.3. The number of ether oxygens (including phenoxy) is 1. The zero-order valence-corrected chi connectivity index (χ0v) is 14.8. The number of allylic oxidation sites excluding steroid dienone is 1. The van der Waals surface area contributed by atoms with Crippen LogP contribution < -0.4 is 4.74 Å². The monoisotopic (exact) mass is 356 g/mol. The molecule has 114 valence electrons. The van der Waals surface area contributed by atoms with Gasteiger partial charge in [-0.2, -0.15) is 0 Å². The highest BCUT2D eigenvalue weighted by atomic mass is 79.9. The van der Waals surface area contributed by atoms with Gasteiger partial charge in [0.25, 0.3) is 0 Å². The number of hydrogen-bond acceptors (Lipinski definition) is 1. The molecule has 0 spiro atoms. The van der Waals surface area contributed by atoms with Crippen LogP contribution in [0.3, 0.4) is 0 Å². The Balaban J connectivity index is 1.98. The molecule has 1 saturated carbocycles. The van der Waals surface area contributed by atoms with Gasteiger partial charge in [0.15, 0.2) is 0 Å². The summed E-state index contributed by atoms with van der Waals surface area (Å²) in [6, 6.07) is 8.78. The van der Waals surface area contributed by atoms with Crippen molar-refractivity contribution >= 4 is 26.7 Å². The summed E-state index contributed by atoms with van der Waals surface area (Å²) in [6.45, 7) is 6.72. The molecule has 0 N–H and O–H groups in total. The molecule has 0 radical (unpaired) electrons. The Hall–Kier alpha value is -1.28. The van der Waals surface area contributed by atoms with Crippen LogP contribution in [-0.2, 0) is 6.42 Å². The maximum atomic E-state index is 5.45. The van der Waals surface area contributed by atoms with Crippen molar-refractivity contribution in [2.75, 3.05) is 7.11 Å². The van der Waals surface area contributed by atoms with E-state index in [1.165, 1.54) is 44.8 Å². The molecule has 2 atom stereocenters. The number of fused-ring (bicyclic) bond motifs is 5. The van der Waals surface area contributed by atoms with Crippen molar-refractivity contribution in [3.05, 3.63) is 52.0 Å². The van der Waals surface area contributed by atoms with Crippen LogP contribution in [0.15, 0.2) is 40.9 Å². The molecule has 2 aromatic rings. The van der Waals surface area contributed by atoms with Gasteiger partial charge in [-0.1, -0.05) is 35.0 Å². The minimum Gasteiger partial charge on any atom is -0.497 e. The van der Waals surface area contributed by atoms with Crippen LogP contribution in [0.2, 0.25) is 0 Å². The topological polar surface area (TPSA) is 9.23 Å². The molecule has 0 bridgehead atoms. The zero-order valence-electron chi connectivity index (χ0n) is 13.2. The van der Waals surface area contributed by atoms with Gasteiger partial charge in [0.05, 0.1) is 7.11 Å². The van der Waals surface area contributed by atoms with Crippen molar-refractivity contribution in [1.82, 2.24) is 0 Å². The number of methoxy groups -OCH3 is 1. The summed E-state index contributed by atoms with van der Waals surface area (Å²) < 4.78 is 6.65. The van der Waals surface area contributed by atoms with Gasteiger partial charge in [-0.25, -0.2) is 0 Å². The summed E-state index contributed by atoms with van der Waals surface area (Å²) in [5.41, 5.74) is 4.87. The van der Waals surface area contributed by atoms with Crippen LogP contribution >= 0.6 is 15.9 Å². The van der Waals surface area contributed by atoms with Crippen LogP contribution in [-0.4, -0.2) is 7.11 Å². The average Bonchev–Trinajstić information content (AvgIpc) is 2.81. The minimum absolute atomic E-state index is 0.399. The summed E-state index contributed by atoms with van der Waals surface area (Å²) >= 11 is 3.79. The smallest absolute Gasteiger partial charge is 0.119 e. The standard InChI is InChI=1S/C20H21BrO/c1-12-8-18-17-10-19(21)15-5-4-13(22-3)9-16(15)14(17)6-7-20(18,2)11-12/h4-5,9-10,18H,1,6-8,11H2,2-3H3. The lowest BCUT2D eigenvalue weighted by molar-refractivity contribution is 0.256. The third-order valence-electron chi connectivity index (χ3n) is 5.75. The largest absolute Gasteiger partial charge is 0.497 e. The first-order valence-electron chi connectivity index (χ1n) is 7.97. The van der Waals surface area contributed by atoms with Crippen LogP contribution in [0.4, 0.5) is 0 Å². The Kier molecular flexibility index (Phi) is 3.16. The third kappa shape index (κ3) is 1.96. The fourth-order valence-corrected chi connectivity index (χ4v) is 5.21. The van der Waals surface area contributed by atoms with E-state index >= 15 is 0 Å². The molecule has 2 unspecified atom stereocenters. The fraction of sp³-hybridized carbons (Fsp3) is 0.400. The van der Waals surface area contributed by atoms with E-state index in [4.69, 9.17) is 4.74 Å². The summed E-state index contributed by atoms with van der Waals surface area (Å²) in [6.07, 6.45) is 4.75. The Morgan fingerprint density at radius 2 is 2.09 bits per heavy atom. The molecule has 0 amide bonds. The van der Waals surface area contributed by atoms with Crippen molar-refractivity contribution in [1.29, 1.82) is 0 Å². The van der Waals surface area contributed by atoms with Crippen LogP contribution in [0, 0.1) is 5.41 Å². The quantitative estimate of drug-likeness (QED) is 0.569. The normalized spacial score (nSPS) is 26.9. The second-order valence-electron chi connectivity index (χ2n) is 7.18. The SMILES string of the molecule is C=C1CC2c3cc(Br)c4ccc(OC)cc4c3CCC2(C)C1. The van der Waals surface area contributed by atoms with Gasteiger partial charge in [-0.05, 0) is 83.2 Å². The van der Waals surface area contributed by atoms with Gasteiger partial charge in [-0.3, -0.25) is 0 Å². The lowest BCUT2D eigenvalue weighted by Gasteiger charge is -2.38. The van der Waals surface area contributed by atoms with E-state index in [9.17, 15) is 0 Å². The molecule has 2 aliphatic carbocycles. The van der Waals surface area contributed by atoms with E-state index in [-0.39, 0.29) is 0 Å². The molecule has 2 heteroatoms. The molecule has 0 saturated heterocycles. The maximum Gasteiger partial charge on any atom is 0.119 e. The van der Waals surface area contributed by atoms with Crippen LogP contribution in [0.5, 0.6) is 5.75 Å². The number of benzene rings is 2. The first-order chi connectivity index (χ1) is 10.5. The van der Waals surface area contributed by atoms with Gasteiger partial charge < -0.3 is 4.74 Å². The van der Waals surface area contributed by atoms with E-state index in [0.29, 0.717) is 11.3 Å². The molecule has 0 aromatic heterocycles. The minimum atomic E-state index is 0.399. The van der Waals surface area contributed by atoms with E-state index in [1.807, 2.05) is 6.07 Å². The first-order valence-corrected chi connectivity index (χ1v) is 8.77. The van der Waals surface area contributed by atoms with Gasteiger partial charge >= 0.3 is 0 Å². The lowest BCUT2D eigenvalue weighted by atomic mass is 9.66. The Bertz CT molecular complexity index is 792. The van der Waals surface area contributed by atoms with E-state index in [1.54, 1.807) is 7.11 Å². The number of rotatable bonds is 1. The fourth-order valence-electron chi connectivity index (χ4n) is 4.62. The van der Waals surface area contributed by atoms with E-state index in [0.717, 1.165) is 18.6 Å². The Labute approximate surface area is 140 Å². The van der Waals surface area contributed by atoms with E-state index < -0.39 is 0 Å². The number of aryl methyl sites for hydroxylation is 1. The molecule has 0 aliphatic heterocycles. The third-order valence-corrected chi connectivity index (χ3v) is 6.41. The number of hydrogen-bond donors (Lipinski definition) is 0. The molecular weight excluding hydrogens is 336 g/mol. The second kappa shape index (κ2) is 4.86. The van der Waals surface area contributed by atoms with Gasteiger partial charge in [-0.15, -0.1) is 0 Å². The molecule has 1 nitrogen and oxygen atoms in total. The molecule has 1 fully saturated rings. The molecule has 22 heavy (non-hydrogen) atoms. The summed E-state index contributed by atoms with van der Waals surface area (Å²) in [4.78, 5) is 0. The number of halogens is 1. The summed E-state index contributed by atoms with van der Waals surface area (Å²) in [5.74, 6) is 1.56. The molecule has 4 rings (SSSR count). The van der Waals surface area contributed by atoms with Gasteiger partial charge in [0.1, 0.15) is 5.75 Å². The highest BCUT2D eigenvalue weighted by Gasteiger charge is 2.44. The van der Waals surface area contributed by atoms with Crippen molar-refractivity contribution in [3.63, 3.8) is 0 Å². The maximum absolute atomic E-state index is 5.45. The predicted molar refractivity (Wildman–Crippen MR) is 95.7 cm³/mol. The van der Waals surface area contributed by atoms with Gasteiger partial charge in [0, 0.05) is 4.47 Å². The molecule has 2 aromatic carbocycles. The van der Waals surface area contributed by atoms with Crippen molar-refractivity contribution in [3.8, 4) is 5.75 Å². The highest BCUT2D eigenvalue weighted by Crippen LogP contribution is 2.58. The van der Waals surface area contributed by atoms with Crippen molar-refractivity contribution in [2.24, 2.45) is 5.41 Å². The molecular formula is C20H21BrO. The predicted octanol–water partition coefficient (Wildman–Crippen LogP) is 6.00. The molecule has 0 heterocycles. The highest BCUT2D eigenvalue weighted by molar-refractivity contribution is 9.10. The lowest BCUT2D eigenvalue weighted by Crippen LogP contribution is -2.26. The summed E-state index contributed by atoms with van der Waals surface area (Å²) in [7, 11) is 1.74. The average molecular weight is 357 g/mol. The zero-order chi connectivity index (χ0) is 15.5. The Morgan fingerprint density at radius 1 is 1.27 bits per heavy atom.